The first-order chi connectivity index (χ1) is 14.2. The van der Waals surface area contributed by atoms with Crippen LogP contribution >= 0.6 is 0 Å². The zero-order valence-corrected chi connectivity index (χ0v) is 16.0. The highest BCUT2D eigenvalue weighted by atomic mass is 16.3. The first-order valence-electron chi connectivity index (χ1n) is 8.99. The topological polar surface area (TPSA) is 91.5 Å². The molecule has 0 aliphatic carbocycles. The van der Waals surface area contributed by atoms with E-state index in [1.807, 2.05) is 30.3 Å². The van der Waals surface area contributed by atoms with Crippen LogP contribution in [0.4, 0.5) is 5.69 Å². The van der Waals surface area contributed by atoms with Crippen LogP contribution in [0, 0.1) is 12.3 Å². The fourth-order valence-electron chi connectivity index (χ4n) is 2.55. The standard InChI is InChI=1S/C22H21N5O2/c1-3-16-8-7-11-18(12-16)26-20(28)14-25-22(23-2)24-13-19-15-29-21(27-19)17-9-5-4-6-10-17/h1,4-12,15H,13-14H2,2H3,(H,26,28)(H2,23,24,25). The molecule has 2 aromatic carbocycles. The SMILES string of the molecule is C#Cc1cccc(NC(=O)CNC(=NC)NCc2coc(-c3ccccc3)n2)c1. The van der Waals surface area contributed by atoms with Gasteiger partial charge in [0.1, 0.15) is 6.26 Å². The summed E-state index contributed by atoms with van der Waals surface area (Å²) in [6.07, 6.45) is 6.96. The number of carbonyl (C=O) groups is 1. The molecule has 3 aromatic rings. The van der Waals surface area contributed by atoms with Crippen LogP contribution in [-0.4, -0.2) is 30.4 Å². The minimum atomic E-state index is -0.213. The van der Waals surface area contributed by atoms with Gasteiger partial charge in [0.2, 0.25) is 11.8 Å². The minimum Gasteiger partial charge on any atom is -0.444 e. The lowest BCUT2D eigenvalue weighted by Gasteiger charge is -2.11. The van der Waals surface area contributed by atoms with Crippen molar-refractivity contribution in [1.29, 1.82) is 0 Å². The van der Waals surface area contributed by atoms with E-state index in [1.54, 1.807) is 37.6 Å². The van der Waals surface area contributed by atoms with Gasteiger partial charge in [-0.05, 0) is 30.3 Å². The Bertz CT molecular complexity index is 1030. The van der Waals surface area contributed by atoms with E-state index in [4.69, 9.17) is 10.8 Å². The molecule has 146 valence electrons. The van der Waals surface area contributed by atoms with Crippen molar-refractivity contribution in [3.05, 3.63) is 72.1 Å². The maximum atomic E-state index is 12.1. The average Bonchev–Trinajstić information content (AvgIpc) is 3.24. The lowest BCUT2D eigenvalue weighted by Crippen LogP contribution is -2.41. The molecule has 0 unspecified atom stereocenters. The Kier molecular flexibility index (Phi) is 6.63. The van der Waals surface area contributed by atoms with Gasteiger partial charge in [-0.1, -0.05) is 30.2 Å². The van der Waals surface area contributed by atoms with Crippen LogP contribution in [0.3, 0.4) is 0 Å². The van der Waals surface area contributed by atoms with Crippen LogP contribution in [0.2, 0.25) is 0 Å². The Morgan fingerprint density at radius 1 is 1.17 bits per heavy atom. The zero-order valence-electron chi connectivity index (χ0n) is 16.0. The summed E-state index contributed by atoms with van der Waals surface area (Å²) >= 11 is 0. The summed E-state index contributed by atoms with van der Waals surface area (Å²) in [4.78, 5) is 20.7. The number of amides is 1. The normalized spacial score (nSPS) is 10.8. The lowest BCUT2D eigenvalue weighted by atomic mass is 10.2. The molecule has 0 radical (unpaired) electrons. The Labute approximate surface area is 169 Å². The number of nitrogens with zero attached hydrogens (tertiary/aromatic N) is 2. The van der Waals surface area contributed by atoms with Crippen LogP contribution in [0.15, 0.2) is 70.3 Å². The molecular formula is C22H21N5O2. The summed E-state index contributed by atoms with van der Waals surface area (Å²) in [6.45, 7) is 0.454. The van der Waals surface area contributed by atoms with E-state index in [-0.39, 0.29) is 12.5 Å². The lowest BCUT2D eigenvalue weighted by molar-refractivity contribution is -0.115. The molecule has 0 saturated carbocycles. The molecule has 1 heterocycles. The molecule has 0 atom stereocenters. The third-order valence-corrected chi connectivity index (χ3v) is 3.96. The molecule has 1 amide bonds. The van der Waals surface area contributed by atoms with Crippen molar-refractivity contribution in [2.24, 2.45) is 4.99 Å². The molecule has 7 heteroatoms. The highest BCUT2D eigenvalue weighted by Gasteiger charge is 2.08. The van der Waals surface area contributed by atoms with E-state index in [9.17, 15) is 4.79 Å². The van der Waals surface area contributed by atoms with Crippen molar-refractivity contribution < 1.29 is 9.21 Å². The van der Waals surface area contributed by atoms with E-state index in [2.05, 4.69) is 31.8 Å². The predicted octanol–water partition coefficient (Wildman–Crippen LogP) is 2.63. The Balaban J connectivity index is 1.48. The quantitative estimate of drug-likeness (QED) is 0.344. The molecule has 3 N–H and O–H groups in total. The van der Waals surface area contributed by atoms with Crippen molar-refractivity contribution in [2.45, 2.75) is 6.54 Å². The van der Waals surface area contributed by atoms with Crippen LogP contribution in [0.1, 0.15) is 11.3 Å². The number of nitrogens with one attached hydrogen (secondary N) is 3. The number of aliphatic imine (C=N–C) groups is 1. The second kappa shape index (κ2) is 9.76. The van der Waals surface area contributed by atoms with E-state index < -0.39 is 0 Å². The fraction of sp³-hybridized carbons (Fsp3) is 0.136. The largest absolute Gasteiger partial charge is 0.444 e. The number of guanidine groups is 1. The molecule has 29 heavy (non-hydrogen) atoms. The zero-order chi connectivity index (χ0) is 20.5. The number of aromatic nitrogens is 1. The molecule has 0 aliphatic rings. The number of hydrogen-bond donors (Lipinski definition) is 3. The second-order valence-corrected chi connectivity index (χ2v) is 6.06. The van der Waals surface area contributed by atoms with Gasteiger partial charge in [0.05, 0.1) is 18.8 Å². The first kappa shape index (κ1) is 19.7. The summed E-state index contributed by atoms with van der Waals surface area (Å²) in [5.41, 5.74) is 2.98. The van der Waals surface area contributed by atoms with Crippen molar-refractivity contribution in [1.82, 2.24) is 15.6 Å². The molecule has 0 bridgehead atoms. The summed E-state index contributed by atoms with van der Waals surface area (Å²) in [7, 11) is 1.63. The predicted molar refractivity (Wildman–Crippen MR) is 113 cm³/mol. The van der Waals surface area contributed by atoms with Crippen molar-refractivity contribution in [2.75, 3.05) is 18.9 Å². The summed E-state index contributed by atoms with van der Waals surface area (Å²) in [6, 6.07) is 16.8. The van der Waals surface area contributed by atoms with Gasteiger partial charge in [0.25, 0.3) is 0 Å². The second-order valence-electron chi connectivity index (χ2n) is 6.06. The van der Waals surface area contributed by atoms with Gasteiger partial charge in [0.15, 0.2) is 5.96 Å². The van der Waals surface area contributed by atoms with Crippen LogP contribution in [0.5, 0.6) is 0 Å². The van der Waals surface area contributed by atoms with Gasteiger partial charge in [0, 0.05) is 23.9 Å². The Hall–Kier alpha value is -4.05. The number of hydrogen-bond acceptors (Lipinski definition) is 4. The van der Waals surface area contributed by atoms with Crippen LogP contribution in [0.25, 0.3) is 11.5 Å². The van der Waals surface area contributed by atoms with Crippen LogP contribution < -0.4 is 16.0 Å². The fourth-order valence-corrected chi connectivity index (χ4v) is 2.55. The molecule has 1 aromatic heterocycles. The van der Waals surface area contributed by atoms with Gasteiger partial charge in [-0.25, -0.2) is 4.98 Å². The van der Waals surface area contributed by atoms with E-state index in [0.717, 1.165) is 11.3 Å². The average molecular weight is 387 g/mol. The molecule has 0 saturated heterocycles. The summed E-state index contributed by atoms with van der Waals surface area (Å²) < 4.78 is 5.51. The number of anilines is 1. The van der Waals surface area contributed by atoms with Gasteiger partial charge in [-0.3, -0.25) is 9.79 Å². The third-order valence-electron chi connectivity index (χ3n) is 3.96. The van der Waals surface area contributed by atoms with E-state index in [1.165, 1.54) is 0 Å². The molecule has 0 fully saturated rings. The van der Waals surface area contributed by atoms with Gasteiger partial charge < -0.3 is 20.4 Å². The number of rotatable bonds is 6. The maximum Gasteiger partial charge on any atom is 0.243 e. The van der Waals surface area contributed by atoms with Crippen LogP contribution in [-0.2, 0) is 11.3 Å². The van der Waals surface area contributed by atoms with E-state index in [0.29, 0.717) is 29.6 Å². The molecule has 0 aliphatic heterocycles. The van der Waals surface area contributed by atoms with Gasteiger partial charge >= 0.3 is 0 Å². The highest BCUT2D eigenvalue weighted by molar-refractivity contribution is 5.95. The summed E-state index contributed by atoms with van der Waals surface area (Å²) in [5.74, 6) is 3.35. The molecular weight excluding hydrogens is 366 g/mol. The van der Waals surface area contributed by atoms with Crippen molar-refractivity contribution in [3.8, 4) is 23.8 Å². The van der Waals surface area contributed by atoms with Crippen molar-refractivity contribution >= 4 is 17.6 Å². The Morgan fingerprint density at radius 2 is 2.00 bits per heavy atom. The maximum absolute atomic E-state index is 12.1. The number of carbonyl (C=O) groups excluding carboxylic acids is 1. The van der Waals surface area contributed by atoms with Crippen molar-refractivity contribution in [3.63, 3.8) is 0 Å². The van der Waals surface area contributed by atoms with Gasteiger partial charge in [-0.2, -0.15) is 0 Å². The molecule has 0 spiro atoms. The highest BCUT2D eigenvalue weighted by Crippen LogP contribution is 2.17. The first-order valence-corrected chi connectivity index (χ1v) is 8.99. The van der Waals surface area contributed by atoms with Gasteiger partial charge in [-0.15, -0.1) is 6.42 Å². The smallest absolute Gasteiger partial charge is 0.243 e. The summed E-state index contributed by atoms with van der Waals surface area (Å²) in [5, 5.41) is 8.84. The number of oxazole rings is 1. The minimum absolute atomic E-state index is 0.0496. The number of terminal acetylenes is 1. The Morgan fingerprint density at radius 3 is 2.76 bits per heavy atom. The molecule has 3 rings (SSSR count). The number of benzene rings is 2. The molecule has 7 nitrogen and oxygen atoms in total. The monoisotopic (exact) mass is 387 g/mol. The third kappa shape index (κ3) is 5.71. The van der Waals surface area contributed by atoms with E-state index >= 15 is 0 Å².